The molecule has 0 saturated heterocycles. The van der Waals surface area contributed by atoms with Gasteiger partial charge >= 0.3 is 0 Å². The number of terminal acetylenes is 1. The predicted molar refractivity (Wildman–Crippen MR) is 69.7 cm³/mol. The molecule has 0 aliphatic rings. The summed E-state index contributed by atoms with van der Waals surface area (Å²) < 4.78 is 0. The number of aryl methyl sites for hydroxylation is 1. The van der Waals surface area contributed by atoms with E-state index in [1.807, 2.05) is 40.7 Å². The highest BCUT2D eigenvalue weighted by molar-refractivity contribution is 5.57. The molecule has 1 aromatic rings. The molecule has 15 heavy (non-hydrogen) atoms. The molecule has 0 radical (unpaired) electrons. The molecule has 1 heteroatoms. The van der Waals surface area contributed by atoms with Gasteiger partial charge in [-0.25, -0.2) is 4.98 Å². The highest BCUT2D eigenvalue weighted by Gasteiger charge is 1.98. The number of pyridine rings is 1. The smallest absolute Gasteiger partial charge is 0.120 e. The molecule has 0 bridgehead atoms. The Kier molecular flexibility index (Phi) is 11.2. The van der Waals surface area contributed by atoms with Crippen LogP contribution in [-0.4, -0.2) is 4.98 Å². The van der Waals surface area contributed by atoms with Gasteiger partial charge in [-0.2, -0.15) is 0 Å². The Labute approximate surface area is 94.3 Å². The van der Waals surface area contributed by atoms with Crippen LogP contribution in [0.25, 0.3) is 6.08 Å². The van der Waals surface area contributed by atoms with Gasteiger partial charge in [0.15, 0.2) is 0 Å². The fraction of sp³-hybridized carbons (Fsp3) is 0.357. The van der Waals surface area contributed by atoms with Gasteiger partial charge in [0.25, 0.3) is 0 Å². The van der Waals surface area contributed by atoms with E-state index in [0.29, 0.717) is 5.69 Å². The molecule has 0 unspecified atom stereocenters. The van der Waals surface area contributed by atoms with Crippen molar-refractivity contribution in [1.29, 1.82) is 0 Å². The van der Waals surface area contributed by atoms with Crippen LogP contribution >= 0.6 is 0 Å². The molecule has 0 saturated carbocycles. The summed E-state index contributed by atoms with van der Waals surface area (Å²) in [5, 5.41) is 0. The van der Waals surface area contributed by atoms with Gasteiger partial charge in [-0.3, -0.25) is 0 Å². The molecule has 1 heterocycles. The van der Waals surface area contributed by atoms with E-state index in [9.17, 15) is 0 Å². The number of hydrogen-bond acceptors (Lipinski definition) is 1. The van der Waals surface area contributed by atoms with Crippen LogP contribution < -0.4 is 0 Å². The van der Waals surface area contributed by atoms with Crippen LogP contribution in [0.5, 0.6) is 0 Å². The Morgan fingerprint density at radius 1 is 1.33 bits per heavy atom. The lowest BCUT2D eigenvalue weighted by Crippen LogP contribution is -1.89. The first-order chi connectivity index (χ1) is 7.29. The zero-order valence-electron chi connectivity index (χ0n) is 10.5. The average Bonchev–Trinajstić information content (AvgIpc) is 2.33. The molecule has 1 nitrogen and oxygen atoms in total. The van der Waals surface area contributed by atoms with E-state index >= 15 is 0 Å². The first-order valence-corrected chi connectivity index (χ1v) is 5.34. The first-order valence-electron chi connectivity index (χ1n) is 5.34. The number of rotatable bonds is 1. The third kappa shape index (κ3) is 5.02. The number of aromatic nitrogens is 1. The summed E-state index contributed by atoms with van der Waals surface area (Å²) in [5.41, 5.74) is 2.73. The molecule has 0 atom stereocenters. The van der Waals surface area contributed by atoms with Crippen LogP contribution in [0.4, 0.5) is 0 Å². The van der Waals surface area contributed by atoms with Gasteiger partial charge in [0.05, 0.1) is 0 Å². The standard InChI is InChI=1S/C10H9N.2C2H6/c1-4-9-8(3)6-7-11-10(9)5-2;2*1-2/h2,4,6-7H,1H2,3H3;2*1-2H3. The van der Waals surface area contributed by atoms with E-state index < -0.39 is 0 Å². The maximum absolute atomic E-state index is 5.23. The second-order valence-electron chi connectivity index (χ2n) is 2.24. The minimum Gasteiger partial charge on any atom is -0.247 e. The topological polar surface area (TPSA) is 12.9 Å². The highest BCUT2D eigenvalue weighted by atomic mass is 14.7. The van der Waals surface area contributed by atoms with Crippen LogP contribution in [0.3, 0.4) is 0 Å². The minimum absolute atomic E-state index is 0.667. The zero-order valence-corrected chi connectivity index (χ0v) is 10.5. The fourth-order valence-corrected chi connectivity index (χ4v) is 0.942. The van der Waals surface area contributed by atoms with Crippen molar-refractivity contribution in [2.75, 3.05) is 0 Å². The minimum atomic E-state index is 0.667. The lowest BCUT2D eigenvalue weighted by molar-refractivity contribution is 1.24. The largest absolute Gasteiger partial charge is 0.247 e. The quantitative estimate of drug-likeness (QED) is 0.627. The Morgan fingerprint density at radius 3 is 2.20 bits per heavy atom. The molecule has 0 fully saturated rings. The Balaban J connectivity index is 0. The van der Waals surface area contributed by atoms with Crippen molar-refractivity contribution in [3.05, 3.63) is 35.7 Å². The number of hydrogen-bond donors (Lipinski definition) is 0. The normalized spacial score (nSPS) is 7.20. The molecule has 0 aromatic carbocycles. The Morgan fingerprint density at radius 2 is 1.87 bits per heavy atom. The van der Waals surface area contributed by atoms with Crippen molar-refractivity contribution in [2.45, 2.75) is 34.6 Å². The van der Waals surface area contributed by atoms with Gasteiger partial charge in [-0.05, 0) is 24.5 Å². The SMILES string of the molecule is C#Cc1nccc(C)c1C=C.CC.CC. The molecular formula is C14H21N. The molecule has 1 rings (SSSR count). The summed E-state index contributed by atoms with van der Waals surface area (Å²) in [4.78, 5) is 4.02. The molecule has 0 N–H and O–H groups in total. The van der Waals surface area contributed by atoms with Crippen LogP contribution in [0, 0.1) is 19.3 Å². The summed E-state index contributed by atoms with van der Waals surface area (Å²) in [5.74, 6) is 2.50. The maximum Gasteiger partial charge on any atom is 0.120 e. The maximum atomic E-state index is 5.23. The fourth-order valence-electron chi connectivity index (χ4n) is 0.942. The second kappa shape index (κ2) is 10.5. The van der Waals surface area contributed by atoms with Gasteiger partial charge in [-0.15, -0.1) is 6.42 Å². The lowest BCUT2D eigenvalue weighted by Gasteiger charge is -2.00. The van der Waals surface area contributed by atoms with E-state index in [4.69, 9.17) is 6.42 Å². The molecule has 82 valence electrons. The molecule has 0 amide bonds. The summed E-state index contributed by atoms with van der Waals surface area (Å²) in [7, 11) is 0. The second-order valence-corrected chi connectivity index (χ2v) is 2.24. The van der Waals surface area contributed by atoms with Crippen molar-refractivity contribution in [3.8, 4) is 12.3 Å². The van der Waals surface area contributed by atoms with Crippen LogP contribution in [0.2, 0.25) is 0 Å². The molecule has 1 aromatic heterocycles. The van der Waals surface area contributed by atoms with Crippen molar-refractivity contribution >= 4 is 6.08 Å². The van der Waals surface area contributed by atoms with Gasteiger partial charge < -0.3 is 0 Å². The molecular weight excluding hydrogens is 182 g/mol. The highest BCUT2D eigenvalue weighted by Crippen LogP contribution is 2.11. The third-order valence-electron chi connectivity index (χ3n) is 1.55. The van der Waals surface area contributed by atoms with E-state index in [2.05, 4.69) is 17.5 Å². The lowest BCUT2D eigenvalue weighted by atomic mass is 10.1. The average molecular weight is 203 g/mol. The van der Waals surface area contributed by atoms with Gasteiger partial charge in [0, 0.05) is 11.8 Å². The van der Waals surface area contributed by atoms with Crippen LogP contribution in [0.1, 0.15) is 44.5 Å². The van der Waals surface area contributed by atoms with Crippen molar-refractivity contribution in [2.24, 2.45) is 0 Å². The first kappa shape index (κ1) is 15.9. The summed E-state index contributed by atoms with van der Waals surface area (Å²) in [6.07, 6.45) is 8.67. The van der Waals surface area contributed by atoms with Crippen molar-refractivity contribution in [3.63, 3.8) is 0 Å². The van der Waals surface area contributed by atoms with E-state index in [0.717, 1.165) is 11.1 Å². The Hall–Kier alpha value is -1.55. The number of nitrogens with zero attached hydrogens (tertiary/aromatic N) is 1. The summed E-state index contributed by atoms with van der Waals surface area (Å²) in [6.45, 7) is 13.7. The van der Waals surface area contributed by atoms with Crippen LogP contribution in [0.15, 0.2) is 18.8 Å². The van der Waals surface area contributed by atoms with E-state index in [1.54, 1.807) is 12.3 Å². The molecule has 0 aliphatic carbocycles. The Bertz CT molecular complexity index is 319. The molecule has 0 aliphatic heterocycles. The van der Waals surface area contributed by atoms with Gasteiger partial charge in [0.1, 0.15) is 5.69 Å². The monoisotopic (exact) mass is 203 g/mol. The molecule has 0 spiro atoms. The summed E-state index contributed by atoms with van der Waals surface area (Å²) >= 11 is 0. The van der Waals surface area contributed by atoms with Gasteiger partial charge in [-0.1, -0.05) is 40.3 Å². The third-order valence-corrected chi connectivity index (χ3v) is 1.55. The predicted octanol–water partition coefficient (Wildman–Crippen LogP) is 4.07. The summed E-state index contributed by atoms with van der Waals surface area (Å²) in [6, 6.07) is 1.91. The van der Waals surface area contributed by atoms with E-state index in [1.165, 1.54) is 0 Å². The van der Waals surface area contributed by atoms with E-state index in [-0.39, 0.29) is 0 Å². The van der Waals surface area contributed by atoms with Crippen molar-refractivity contribution < 1.29 is 0 Å². The zero-order chi connectivity index (χ0) is 12.3. The van der Waals surface area contributed by atoms with Gasteiger partial charge in [0.2, 0.25) is 0 Å². The van der Waals surface area contributed by atoms with Crippen LogP contribution in [-0.2, 0) is 0 Å². The van der Waals surface area contributed by atoms with Crippen molar-refractivity contribution in [1.82, 2.24) is 4.98 Å².